The first kappa shape index (κ1) is 22.4. The highest BCUT2D eigenvalue weighted by Crippen LogP contribution is 2.20. The van der Waals surface area contributed by atoms with Crippen LogP contribution in [0.4, 0.5) is 5.69 Å². The Hall–Kier alpha value is -3.33. The lowest BCUT2D eigenvalue weighted by atomic mass is 10.0. The van der Waals surface area contributed by atoms with Crippen LogP contribution in [0.15, 0.2) is 53.7 Å². The normalized spacial score (nSPS) is 10.7. The maximum Gasteiger partial charge on any atom is 0.339 e. The number of esters is 1. The molecule has 31 heavy (non-hydrogen) atoms. The first-order valence-electron chi connectivity index (χ1n) is 9.70. The van der Waals surface area contributed by atoms with E-state index in [9.17, 15) is 9.59 Å². The molecule has 1 heterocycles. The van der Waals surface area contributed by atoms with E-state index in [1.54, 1.807) is 24.3 Å². The van der Waals surface area contributed by atoms with Crippen molar-refractivity contribution in [1.82, 2.24) is 15.2 Å². The molecule has 0 saturated carbocycles. The van der Waals surface area contributed by atoms with Crippen molar-refractivity contribution < 1.29 is 19.1 Å². The van der Waals surface area contributed by atoms with Crippen LogP contribution < -0.4 is 10.1 Å². The lowest BCUT2D eigenvalue weighted by molar-refractivity contribution is -0.113. The number of aromatic amines is 1. The zero-order chi connectivity index (χ0) is 22.2. The van der Waals surface area contributed by atoms with Gasteiger partial charge in [0.05, 0.1) is 24.1 Å². The van der Waals surface area contributed by atoms with Crippen LogP contribution in [0.5, 0.6) is 5.75 Å². The molecule has 0 atom stereocenters. The highest BCUT2D eigenvalue weighted by Gasteiger charge is 2.14. The molecule has 8 nitrogen and oxygen atoms in total. The standard InChI is InChI=1S/C22H24N4O4S/c1-14(2)15-8-10-16(11-9-15)30-12-19-24-22(26-25-19)31-13-20(27)23-18-7-5-4-6-17(18)21(28)29-3/h4-11,14H,12-13H2,1-3H3,(H,23,27)(H,24,25,26). The molecule has 2 aromatic carbocycles. The number of aromatic nitrogens is 3. The van der Waals surface area contributed by atoms with Crippen LogP contribution in [0.1, 0.15) is 41.5 Å². The van der Waals surface area contributed by atoms with Gasteiger partial charge in [0.15, 0.2) is 5.82 Å². The number of anilines is 1. The van der Waals surface area contributed by atoms with Gasteiger partial charge in [-0.25, -0.2) is 9.78 Å². The third kappa shape index (κ3) is 6.32. The minimum absolute atomic E-state index is 0.0876. The fourth-order valence-electron chi connectivity index (χ4n) is 2.70. The maximum atomic E-state index is 12.3. The van der Waals surface area contributed by atoms with E-state index < -0.39 is 5.97 Å². The predicted molar refractivity (Wildman–Crippen MR) is 118 cm³/mol. The SMILES string of the molecule is COC(=O)c1ccccc1NC(=O)CSc1n[nH]c(COc2ccc(C(C)C)cc2)n1. The van der Waals surface area contributed by atoms with Gasteiger partial charge in [0.1, 0.15) is 12.4 Å². The Morgan fingerprint density at radius 3 is 2.58 bits per heavy atom. The molecule has 0 aliphatic carbocycles. The number of carbonyl (C=O) groups excluding carboxylic acids is 2. The van der Waals surface area contributed by atoms with Crippen LogP contribution in [-0.2, 0) is 16.1 Å². The lowest BCUT2D eigenvalue weighted by Gasteiger charge is -2.08. The van der Waals surface area contributed by atoms with E-state index in [1.807, 2.05) is 24.3 Å². The molecular weight excluding hydrogens is 416 g/mol. The Bertz CT molecular complexity index is 1030. The first-order valence-corrected chi connectivity index (χ1v) is 10.7. The number of methoxy groups -OCH3 is 1. The highest BCUT2D eigenvalue weighted by atomic mass is 32.2. The Balaban J connectivity index is 1.49. The number of rotatable bonds is 9. The highest BCUT2D eigenvalue weighted by molar-refractivity contribution is 7.99. The third-order valence-electron chi connectivity index (χ3n) is 4.37. The summed E-state index contributed by atoms with van der Waals surface area (Å²) in [6, 6.07) is 14.6. The summed E-state index contributed by atoms with van der Waals surface area (Å²) in [6.45, 7) is 4.52. The summed E-state index contributed by atoms with van der Waals surface area (Å²) in [5, 5.41) is 10.1. The average molecular weight is 441 g/mol. The molecule has 0 aliphatic rings. The molecule has 0 bridgehead atoms. The molecule has 0 unspecified atom stereocenters. The van der Waals surface area contributed by atoms with E-state index in [0.29, 0.717) is 28.1 Å². The zero-order valence-corrected chi connectivity index (χ0v) is 18.4. The van der Waals surface area contributed by atoms with Crippen molar-refractivity contribution in [3.63, 3.8) is 0 Å². The zero-order valence-electron chi connectivity index (χ0n) is 17.5. The topological polar surface area (TPSA) is 106 Å². The summed E-state index contributed by atoms with van der Waals surface area (Å²) in [7, 11) is 1.29. The first-order chi connectivity index (χ1) is 15.0. The van der Waals surface area contributed by atoms with Crippen molar-refractivity contribution in [3.05, 3.63) is 65.5 Å². The number of thioether (sulfide) groups is 1. The second-order valence-corrected chi connectivity index (χ2v) is 7.89. The molecule has 0 spiro atoms. The largest absolute Gasteiger partial charge is 0.486 e. The molecule has 0 aliphatic heterocycles. The minimum Gasteiger partial charge on any atom is -0.486 e. The van der Waals surface area contributed by atoms with E-state index in [0.717, 1.165) is 5.75 Å². The van der Waals surface area contributed by atoms with E-state index in [2.05, 4.69) is 34.3 Å². The molecule has 0 saturated heterocycles. The molecule has 3 rings (SSSR count). The quantitative estimate of drug-likeness (QED) is 0.382. The Kier molecular flexibility index (Phi) is 7.66. The van der Waals surface area contributed by atoms with Crippen molar-refractivity contribution in [2.75, 3.05) is 18.2 Å². The second kappa shape index (κ2) is 10.6. The van der Waals surface area contributed by atoms with Gasteiger partial charge in [0, 0.05) is 0 Å². The molecular formula is C22H24N4O4S. The predicted octanol–water partition coefficient (Wildman–Crippen LogP) is 4.02. The van der Waals surface area contributed by atoms with Gasteiger partial charge in [0.2, 0.25) is 11.1 Å². The van der Waals surface area contributed by atoms with Crippen molar-refractivity contribution in [2.45, 2.75) is 31.5 Å². The summed E-state index contributed by atoms with van der Waals surface area (Å²) < 4.78 is 10.5. The number of amides is 1. The number of ether oxygens (including phenoxy) is 2. The number of nitrogens with zero attached hydrogens (tertiary/aromatic N) is 2. The number of hydrogen-bond acceptors (Lipinski definition) is 7. The maximum absolute atomic E-state index is 12.3. The molecule has 1 amide bonds. The van der Waals surface area contributed by atoms with Gasteiger partial charge in [-0.2, -0.15) is 0 Å². The number of hydrogen-bond donors (Lipinski definition) is 2. The van der Waals surface area contributed by atoms with Crippen molar-refractivity contribution in [3.8, 4) is 5.75 Å². The monoisotopic (exact) mass is 440 g/mol. The van der Waals surface area contributed by atoms with Gasteiger partial charge in [-0.05, 0) is 35.7 Å². The fraction of sp³-hybridized carbons (Fsp3) is 0.273. The number of carbonyl (C=O) groups is 2. The van der Waals surface area contributed by atoms with Crippen LogP contribution in [0.25, 0.3) is 0 Å². The summed E-state index contributed by atoms with van der Waals surface area (Å²) in [6.07, 6.45) is 0. The summed E-state index contributed by atoms with van der Waals surface area (Å²) in [5.74, 6) is 1.07. The van der Waals surface area contributed by atoms with Gasteiger partial charge in [0.25, 0.3) is 0 Å². The number of nitrogens with one attached hydrogen (secondary N) is 2. The van der Waals surface area contributed by atoms with E-state index in [1.165, 1.54) is 24.4 Å². The van der Waals surface area contributed by atoms with E-state index in [-0.39, 0.29) is 18.3 Å². The summed E-state index contributed by atoms with van der Waals surface area (Å²) in [4.78, 5) is 28.4. The van der Waals surface area contributed by atoms with E-state index >= 15 is 0 Å². The minimum atomic E-state index is -0.513. The van der Waals surface area contributed by atoms with Gasteiger partial charge in [-0.15, -0.1) is 5.10 Å². The molecule has 2 N–H and O–H groups in total. The van der Waals surface area contributed by atoms with E-state index in [4.69, 9.17) is 9.47 Å². The molecule has 1 aromatic heterocycles. The number of H-pyrrole nitrogens is 1. The third-order valence-corrected chi connectivity index (χ3v) is 5.22. The van der Waals surface area contributed by atoms with Crippen molar-refractivity contribution in [1.29, 1.82) is 0 Å². The summed E-state index contributed by atoms with van der Waals surface area (Å²) >= 11 is 1.18. The summed E-state index contributed by atoms with van der Waals surface area (Å²) in [5.41, 5.74) is 1.94. The second-order valence-electron chi connectivity index (χ2n) is 6.95. The number of benzene rings is 2. The van der Waals surface area contributed by atoms with Gasteiger partial charge in [-0.1, -0.05) is 49.9 Å². The van der Waals surface area contributed by atoms with Crippen molar-refractivity contribution >= 4 is 29.3 Å². The Labute approximate surface area is 184 Å². The van der Waals surface area contributed by atoms with Crippen LogP contribution >= 0.6 is 11.8 Å². The van der Waals surface area contributed by atoms with Gasteiger partial charge in [-0.3, -0.25) is 9.89 Å². The average Bonchev–Trinajstić information content (AvgIpc) is 3.24. The van der Waals surface area contributed by atoms with Gasteiger partial charge >= 0.3 is 5.97 Å². The number of para-hydroxylation sites is 1. The smallest absolute Gasteiger partial charge is 0.339 e. The molecule has 9 heteroatoms. The van der Waals surface area contributed by atoms with Crippen LogP contribution in [0.3, 0.4) is 0 Å². The fourth-order valence-corrected chi connectivity index (χ4v) is 3.32. The van der Waals surface area contributed by atoms with Gasteiger partial charge < -0.3 is 14.8 Å². The molecule has 0 fully saturated rings. The van der Waals surface area contributed by atoms with Crippen LogP contribution in [-0.4, -0.2) is 39.9 Å². The van der Waals surface area contributed by atoms with Crippen LogP contribution in [0.2, 0.25) is 0 Å². The van der Waals surface area contributed by atoms with Crippen LogP contribution in [0, 0.1) is 0 Å². The molecule has 3 aromatic rings. The Morgan fingerprint density at radius 2 is 1.87 bits per heavy atom. The molecule has 0 radical (unpaired) electrons. The lowest BCUT2D eigenvalue weighted by Crippen LogP contribution is -2.17. The Morgan fingerprint density at radius 1 is 1.13 bits per heavy atom. The van der Waals surface area contributed by atoms with Crippen molar-refractivity contribution in [2.24, 2.45) is 0 Å². The molecule has 162 valence electrons.